The number of amides is 1. The summed E-state index contributed by atoms with van der Waals surface area (Å²) in [4.78, 5) is 16.9. The van der Waals surface area contributed by atoms with Gasteiger partial charge in [-0.2, -0.15) is 0 Å². The van der Waals surface area contributed by atoms with Gasteiger partial charge in [0.1, 0.15) is 5.76 Å². The Hall–Kier alpha value is -2.01. The molecule has 0 aromatic carbocycles. The van der Waals surface area contributed by atoms with Crippen LogP contribution in [0.25, 0.3) is 0 Å². The van der Waals surface area contributed by atoms with Crippen LogP contribution in [-0.2, 0) is 6.54 Å². The molecular formula is C17H20N2O3. The Labute approximate surface area is 129 Å². The molecule has 2 aromatic heterocycles. The molecule has 0 bridgehead atoms. The van der Waals surface area contributed by atoms with Crippen molar-refractivity contribution in [3.63, 3.8) is 0 Å². The maximum atomic E-state index is 12.5. The van der Waals surface area contributed by atoms with Crippen LogP contribution in [-0.4, -0.2) is 41.4 Å². The molecule has 0 radical (unpaired) electrons. The molecule has 116 valence electrons. The zero-order valence-electron chi connectivity index (χ0n) is 12.5. The number of rotatable bonds is 3. The van der Waals surface area contributed by atoms with Gasteiger partial charge in [0, 0.05) is 19.1 Å². The van der Waals surface area contributed by atoms with E-state index >= 15 is 0 Å². The van der Waals surface area contributed by atoms with Gasteiger partial charge >= 0.3 is 0 Å². The highest BCUT2D eigenvalue weighted by Crippen LogP contribution is 2.32. The van der Waals surface area contributed by atoms with Crippen LogP contribution in [0.2, 0.25) is 0 Å². The van der Waals surface area contributed by atoms with Gasteiger partial charge in [-0.25, -0.2) is 0 Å². The second-order valence-corrected chi connectivity index (χ2v) is 6.21. The summed E-state index contributed by atoms with van der Waals surface area (Å²) < 4.78 is 10.7. The van der Waals surface area contributed by atoms with Crippen LogP contribution in [0.1, 0.15) is 29.2 Å². The van der Waals surface area contributed by atoms with Gasteiger partial charge < -0.3 is 13.7 Å². The molecule has 2 fully saturated rings. The third kappa shape index (κ3) is 2.46. The fraction of sp³-hybridized carbons (Fsp3) is 0.471. The molecule has 0 N–H and O–H groups in total. The van der Waals surface area contributed by atoms with Crippen molar-refractivity contribution in [3.8, 4) is 0 Å². The molecule has 4 rings (SSSR count). The minimum Gasteiger partial charge on any atom is -0.468 e. The van der Waals surface area contributed by atoms with Crippen LogP contribution >= 0.6 is 0 Å². The summed E-state index contributed by atoms with van der Waals surface area (Å²) in [5.41, 5.74) is 0. The number of hydrogen-bond donors (Lipinski definition) is 0. The van der Waals surface area contributed by atoms with E-state index in [0.29, 0.717) is 17.7 Å². The van der Waals surface area contributed by atoms with E-state index in [2.05, 4.69) is 4.90 Å². The molecule has 2 aliphatic rings. The first-order valence-corrected chi connectivity index (χ1v) is 7.90. The van der Waals surface area contributed by atoms with E-state index in [1.165, 1.54) is 12.8 Å². The normalized spacial score (nSPS) is 25.4. The second kappa shape index (κ2) is 5.65. The van der Waals surface area contributed by atoms with Crippen LogP contribution in [0.5, 0.6) is 0 Å². The highest BCUT2D eigenvalue weighted by atomic mass is 16.3. The third-order valence-corrected chi connectivity index (χ3v) is 4.85. The Morgan fingerprint density at radius 2 is 2.05 bits per heavy atom. The highest BCUT2D eigenvalue weighted by Gasteiger charge is 2.41. The van der Waals surface area contributed by atoms with Crippen LogP contribution < -0.4 is 0 Å². The maximum absolute atomic E-state index is 12.5. The first-order valence-electron chi connectivity index (χ1n) is 7.90. The lowest BCUT2D eigenvalue weighted by Crippen LogP contribution is -2.44. The number of carbonyl (C=O) groups excluding carboxylic acids is 1. The summed E-state index contributed by atoms with van der Waals surface area (Å²) in [6, 6.07) is 7.88. The number of furan rings is 2. The topological polar surface area (TPSA) is 49.8 Å². The van der Waals surface area contributed by atoms with E-state index in [1.807, 2.05) is 17.0 Å². The Morgan fingerprint density at radius 3 is 2.82 bits per heavy atom. The lowest BCUT2D eigenvalue weighted by atomic mass is 9.92. The highest BCUT2D eigenvalue weighted by molar-refractivity contribution is 5.91. The summed E-state index contributed by atoms with van der Waals surface area (Å²) in [6.07, 6.45) is 5.66. The van der Waals surface area contributed by atoms with Crippen molar-refractivity contribution in [3.05, 3.63) is 48.3 Å². The van der Waals surface area contributed by atoms with Crippen molar-refractivity contribution in [2.24, 2.45) is 5.92 Å². The van der Waals surface area contributed by atoms with Crippen molar-refractivity contribution in [1.29, 1.82) is 0 Å². The zero-order valence-corrected chi connectivity index (χ0v) is 12.5. The predicted octanol–water partition coefficient (Wildman–Crippen LogP) is 2.61. The Balaban J connectivity index is 1.47. The van der Waals surface area contributed by atoms with Gasteiger partial charge in [-0.15, -0.1) is 0 Å². The van der Waals surface area contributed by atoms with Gasteiger partial charge in [-0.3, -0.25) is 9.69 Å². The van der Waals surface area contributed by atoms with Crippen LogP contribution in [0.4, 0.5) is 0 Å². The summed E-state index contributed by atoms with van der Waals surface area (Å²) in [6.45, 7) is 3.52. The number of carbonyl (C=O) groups is 1. The van der Waals surface area contributed by atoms with Gasteiger partial charge in [-0.1, -0.05) is 0 Å². The first kappa shape index (κ1) is 13.6. The molecule has 1 amide bonds. The molecule has 4 heterocycles. The lowest BCUT2D eigenvalue weighted by molar-refractivity contribution is 0.0741. The Morgan fingerprint density at radius 1 is 1.18 bits per heavy atom. The van der Waals surface area contributed by atoms with Crippen molar-refractivity contribution in [2.45, 2.75) is 25.4 Å². The minimum atomic E-state index is 0.0114. The molecule has 5 nitrogen and oxygen atoms in total. The molecule has 0 saturated carbocycles. The molecule has 0 unspecified atom stereocenters. The molecule has 22 heavy (non-hydrogen) atoms. The van der Waals surface area contributed by atoms with Gasteiger partial charge in [0.05, 0.1) is 19.1 Å². The van der Waals surface area contributed by atoms with Crippen molar-refractivity contribution in [2.75, 3.05) is 19.6 Å². The van der Waals surface area contributed by atoms with Crippen LogP contribution in [0.15, 0.2) is 45.6 Å². The van der Waals surface area contributed by atoms with E-state index in [0.717, 1.165) is 31.9 Å². The fourth-order valence-electron chi connectivity index (χ4n) is 3.79. The minimum absolute atomic E-state index is 0.0114. The molecule has 2 saturated heterocycles. The molecule has 2 atom stereocenters. The number of piperidine rings is 1. The van der Waals surface area contributed by atoms with Gasteiger partial charge in [0.2, 0.25) is 0 Å². The van der Waals surface area contributed by atoms with Crippen LogP contribution in [0, 0.1) is 5.92 Å². The van der Waals surface area contributed by atoms with Gasteiger partial charge in [0.15, 0.2) is 5.76 Å². The average molecular weight is 300 g/mol. The average Bonchev–Trinajstić information content (AvgIpc) is 3.28. The molecular weight excluding hydrogens is 280 g/mol. The summed E-state index contributed by atoms with van der Waals surface area (Å²) in [5.74, 6) is 2.01. The van der Waals surface area contributed by atoms with Gasteiger partial charge in [0.25, 0.3) is 5.91 Å². The Kier molecular flexibility index (Phi) is 3.50. The molecule has 2 aliphatic heterocycles. The smallest absolute Gasteiger partial charge is 0.289 e. The van der Waals surface area contributed by atoms with Crippen LogP contribution in [0.3, 0.4) is 0 Å². The summed E-state index contributed by atoms with van der Waals surface area (Å²) >= 11 is 0. The lowest BCUT2D eigenvalue weighted by Gasteiger charge is -2.36. The molecule has 2 aromatic rings. The van der Waals surface area contributed by atoms with E-state index in [9.17, 15) is 4.79 Å². The zero-order chi connectivity index (χ0) is 14.9. The second-order valence-electron chi connectivity index (χ2n) is 6.21. The number of fused-ring (bicyclic) bond motifs is 1. The number of likely N-dealkylation sites (tertiary alicyclic amines) is 2. The Bertz CT molecular complexity index is 620. The fourth-order valence-corrected chi connectivity index (χ4v) is 3.79. The van der Waals surface area contributed by atoms with E-state index in [1.54, 1.807) is 24.7 Å². The van der Waals surface area contributed by atoms with E-state index in [-0.39, 0.29) is 5.91 Å². The summed E-state index contributed by atoms with van der Waals surface area (Å²) in [7, 11) is 0. The van der Waals surface area contributed by atoms with E-state index in [4.69, 9.17) is 8.83 Å². The largest absolute Gasteiger partial charge is 0.468 e. The monoisotopic (exact) mass is 300 g/mol. The predicted molar refractivity (Wildman–Crippen MR) is 80.2 cm³/mol. The van der Waals surface area contributed by atoms with Crippen molar-refractivity contribution < 1.29 is 13.6 Å². The quantitative estimate of drug-likeness (QED) is 0.874. The van der Waals surface area contributed by atoms with Gasteiger partial charge in [-0.05, 0) is 49.6 Å². The third-order valence-electron chi connectivity index (χ3n) is 4.85. The van der Waals surface area contributed by atoms with E-state index < -0.39 is 0 Å². The molecule has 0 spiro atoms. The molecule has 5 heteroatoms. The summed E-state index contributed by atoms with van der Waals surface area (Å²) in [5, 5.41) is 0. The number of nitrogens with zero attached hydrogens (tertiary/aromatic N) is 2. The number of hydrogen-bond acceptors (Lipinski definition) is 4. The molecule has 0 aliphatic carbocycles. The first-order chi connectivity index (χ1) is 10.8. The van der Waals surface area contributed by atoms with Crippen molar-refractivity contribution >= 4 is 5.91 Å². The standard InChI is InChI=1S/C17H20N2O3/c20-17(16-6-3-9-22-16)19-10-13-4-1-7-18(15(13)12-19)11-14-5-2-8-21-14/h2-3,5-6,8-9,13,15H,1,4,7,10-12H2/t13-,15+/m0/s1. The SMILES string of the molecule is O=C(c1ccco1)N1C[C@@H]2CCCN(Cc3ccco3)[C@@H]2C1. The van der Waals surface area contributed by atoms with Crippen molar-refractivity contribution in [1.82, 2.24) is 9.80 Å². The maximum Gasteiger partial charge on any atom is 0.289 e.